The fourth-order valence-electron chi connectivity index (χ4n) is 4.58. The van der Waals surface area contributed by atoms with Gasteiger partial charge in [0.05, 0.1) is 23.8 Å². The molecule has 2 N–H and O–H groups in total. The van der Waals surface area contributed by atoms with Crippen LogP contribution in [0.25, 0.3) is 22.8 Å². The Hall–Kier alpha value is -3.74. The second-order valence-corrected chi connectivity index (χ2v) is 10.5. The first-order valence-electron chi connectivity index (χ1n) is 13.0. The minimum atomic E-state index is -0.699. The van der Waals surface area contributed by atoms with Crippen LogP contribution in [-0.4, -0.2) is 63.4 Å². The highest BCUT2D eigenvalue weighted by atomic mass is 16.5. The molecule has 3 aromatic rings. The van der Waals surface area contributed by atoms with Gasteiger partial charge in [-0.15, -0.1) is 0 Å². The van der Waals surface area contributed by atoms with Crippen LogP contribution in [-0.2, 0) is 17.6 Å². The Bertz CT molecular complexity index is 1340. The average molecular weight is 518 g/mol. The number of benzene rings is 2. The summed E-state index contributed by atoms with van der Waals surface area (Å²) in [5.74, 6) is 1.24. The summed E-state index contributed by atoms with van der Waals surface area (Å²) in [7, 11) is 0. The number of nitrogens with one attached hydrogen (secondary N) is 1. The Morgan fingerprint density at radius 1 is 1.16 bits per heavy atom. The summed E-state index contributed by atoms with van der Waals surface area (Å²) in [5, 5.41) is 25.9. The first-order chi connectivity index (χ1) is 18.1. The lowest BCUT2D eigenvalue weighted by molar-refractivity contribution is -0.132. The quantitative estimate of drug-likeness (QED) is 0.463. The van der Waals surface area contributed by atoms with Crippen molar-refractivity contribution in [3.8, 4) is 34.7 Å². The molecule has 0 bridgehead atoms. The third-order valence-corrected chi connectivity index (χ3v) is 6.90. The van der Waals surface area contributed by atoms with E-state index in [1.165, 1.54) is 11.1 Å². The summed E-state index contributed by atoms with van der Waals surface area (Å²) in [6.45, 7) is 10.8. The number of aliphatic hydroxyl groups is 1. The molecule has 38 heavy (non-hydrogen) atoms. The number of hydrogen-bond acceptors (Lipinski definition) is 8. The lowest BCUT2D eigenvalue weighted by atomic mass is 10.00. The Morgan fingerprint density at radius 2 is 1.87 bits per heavy atom. The van der Waals surface area contributed by atoms with E-state index in [0.717, 1.165) is 31.5 Å². The van der Waals surface area contributed by atoms with Gasteiger partial charge in [-0.1, -0.05) is 17.3 Å². The number of nitrogens with zero attached hydrogens (tertiary/aromatic N) is 4. The molecule has 0 radical (unpaired) electrons. The van der Waals surface area contributed by atoms with Crippen LogP contribution in [0, 0.1) is 11.3 Å². The third-order valence-electron chi connectivity index (χ3n) is 6.90. The van der Waals surface area contributed by atoms with Crippen molar-refractivity contribution in [1.82, 2.24) is 20.4 Å². The zero-order valence-corrected chi connectivity index (χ0v) is 22.6. The molecule has 1 amide bonds. The Kier molecular flexibility index (Phi) is 8.14. The number of aromatic nitrogens is 2. The zero-order chi connectivity index (χ0) is 27.4. The summed E-state index contributed by atoms with van der Waals surface area (Å²) < 4.78 is 11.2. The number of nitriles is 1. The standard InChI is InChI=1S/C29H35N5O4/c1-18(2)37-25-9-8-23(15-24(25)16-30)27-32-26(33-38-27)22-7-6-20-10-12-34(13-11-21(20)14-22)29(4,5)28(36)31-19(3)17-35/h6-9,14-15,18-19,35H,10-13,17H2,1-5H3,(H,31,36)/t19-/m1/s1. The van der Waals surface area contributed by atoms with Gasteiger partial charge in [0.15, 0.2) is 0 Å². The number of carbonyl (C=O) groups excluding carboxylic acids is 1. The molecule has 1 aliphatic heterocycles. The van der Waals surface area contributed by atoms with Gasteiger partial charge in [-0.25, -0.2) is 0 Å². The van der Waals surface area contributed by atoms with E-state index >= 15 is 0 Å². The maximum Gasteiger partial charge on any atom is 0.258 e. The van der Waals surface area contributed by atoms with Gasteiger partial charge in [0.25, 0.3) is 5.89 Å². The SMILES string of the molecule is CC(C)Oc1ccc(-c2nc(-c3ccc4c(c3)CCN(C(C)(C)C(=O)N[C@H](C)CO)CC4)no2)cc1C#N. The van der Waals surface area contributed by atoms with E-state index in [2.05, 4.69) is 38.6 Å². The molecule has 0 fully saturated rings. The lowest BCUT2D eigenvalue weighted by Gasteiger charge is -2.37. The van der Waals surface area contributed by atoms with Gasteiger partial charge in [-0.2, -0.15) is 10.2 Å². The van der Waals surface area contributed by atoms with Crippen LogP contribution in [0.3, 0.4) is 0 Å². The minimum Gasteiger partial charge on any atom is -0.490 e. The van der Waals surface area contributed by atoms with Crippen molar-refractivity contribution in [3.63, 3.8) is 0 Å². The molecular formula is C29H35N5O4. The number of rotatable bonds is 8. The van der Waals surface area contributed by atoms with Crippen LogP contribution < -0.4 is 10.1 Å². The van der Waals surface area contributed by atoms with Gasteiger partial charge >= 0.3 is 0 Å². The molecule has 2 heterocycles. The topological polar surface area (TPSA) is 125 Å². The van der Waals surface area contributed by atoms with Crippen molar-refractivity contribution < 1.29 is 19.2 Å². The Labute approximate surface area is 223 Å². The van der Waals surface area contributed by atoms with E-state index < -0.39 is 5.54 Å². The fraction of sp³-hybridized carbons (Fsp3) is 0.448. The molecule has 1 aromatic heterocycles. The number of aliphatic hydroxyl groups excluding tert-OH is 1. The molecule has 0 spiro atoms. The van der Waals surface area contributed by atoms with Gasteiger partial charge in [-0.3, -0.25) is 9.69 Å². The van der Waals surface area contributed by atoms with Crippen LogP contribution in [0.2, 0.25) is 0 Å². The predicted octanol–water partition coefficient (Wildman–Crippen LogP) is 3.74. The Balaban J connectivity index is 1.51. The minimum absolute atomic E-state index is 0.0403. The highest BCUT2D eigenvalue weighted by Crippen LogP contribution is 2.30. The average Bonchev–Trinajstić information content (AvgIpc) is 3.28. The van der Waals surface area contributed by atoms with Crippen LogP contribution in [0.4, 0.5) is 0 Å². The summed E-state index contributed by atoms with van der Waals surface area (Å²) >= 11 is 0. The largest absolute Gasteiger partial charge is 0.490 e. The lowest BCUT2D eigenvalue weighted by Crippen LogP contribution is -2.57. The summed E-state index contributed by atoms with van der Waals surface area (Å²) in [6, 6.07) is 13.3. The zero-order valence-electron chi connectivity index (χ0n) is 22.6. The highest BCUT2D eigenvalue weighted by Gasteiger charge is 2.35. The second kappa shape index (κ2) is 11.3. The maximum atomic E-state index is 12.9. The number of carbonyl (C=O) groups is 1. The van der Waals surface area contributed by atoms with E-state index in [0.29, 0.717) is 28.6 Å². The number of fused-ring (bicyclic) bond motifs is 1. The van der Waals surface area contributed by atoms with Crippen molar-refractivity contribution in [2.75, 3.05) is 19.7 Å². The van der Waals surface area contributed by atoms with E-state index in [9.17, 15) is 15.2 Å². The van der Waals surface area contributed by atoms with Crippen LogP contribution in [0.5, 0.6) is 5.75 Å². The summed E-state index contributed by atoms with van der Waals surface area (Å²) in [5.41, 5.74) is 3.64. The van der Waals surface area contributed by atoms with Gasteiger partial charge in [0.2, 0.25) is 11.7 Å². The second-order valence-electron chi connectivity index (χ2n) is 10.5. The molecule has 1 atom stereocenters. The predicted molar refractivity (Wildman–Crippen MR) is 143 cm³/mol. The van der Waals surface area contributed by atoms with Crippen LogP contribution >= 0.6 is 0 Å². The number of amides is 1. The van der Waals surface area contributed by atoms with Gasteiger partial charge in [-0.05, 0) is 82.9 Å². The van der Waals surface area contributed by atoms with Gasteiger partial charge in [0, 0.05) is 30.3 Å². The Morgan fingerprint density at radius 3 is 2.55 bits per heavy atom. The number of hydrogen-bond donors (Lipinski definition) is 2. The van der Waals surface area contributed by atoms with Crippen molar-refractivity contribution in [1.29, 1.82) is 5.26 Å². The molecular weight excluding hydrogens is 482 g/mol. The van der Waals surface area contributed by atoms with E-state index in [1.54, 1.807) is 25.1 Å². The third kappa shape index (κ3) is 5.87. The van der Waals surface area contributed by atoms with Crippen LogP contribution in [0.15, 0.2) is 40.9 Å². The molecule has 0 saturated heterocycles. The number of ether oxygens (including phenoxy) is 1. The smallest absolute Gasteiger partial charge is 0.258 e. The van der Waals surface area contributed by atoms with Gasteiger partial charge < -0.3 is 19.7 Å². The molecule has 4 rings (SSSR count). The molecule has 1 aliphatic rings. The molecule has 200 valence electrons. The molecule has 0 aliphatic carbocycles. The first-order valence-corrected chi connectivity index (χ1v) is 13.0. The molecule has 2 aromatic carbocycles. The summed E-state index contributed by atoms with van der Waals surface area (Å²) in [6.07, 6.45) is 1.56. The fourth-order valence-corrected chi connectivity index (χ4v) is 4.58. The van der Waals surface area contributed by atoms with Gasteiger partial charge in [0.1, 0.15) is 11.8 Å². The highest BCUT2D eigenvalue weighted by molar-refractivity contribution is 5.85. The van der Waals surface area contributed by atoms with E-state index in [1.807, 2.05) is 33.8 Å². The monoisotopic (exact) mass is 517 g/mol. The van der Waals surface area contributed by atoms with Crippen molar-refractivity contribution in [3.05, 3.63) is 53.1 Å². The van der Waals surface area contributed by atoms with Crippen molar-refractivity contribution in [2.24, 2.45) is 0 Å². The normalized spacial score (nSPS) is 14.9. The first kappa shape index (κ1) is 27.3. The molecule has 0 saturated carbocycles. The van der Waals surface area contributed by atoms with E-state index in [4.69, 9.17) is 9.26 Å². The molecule has 9 nitrogen and oxygen atoms in total. The molecule has 0 unspecified atom stereocenters. The van der Waals surface area contributed by atoms with E-state index in [-0.39, 0.29) is 24.7 Å². The van der Waals surface area contributed by atoms with Crippen molar-refractivity contribution >= 4 is 5.91 Å². The van der Waals surface area contributed by atoms with Crippen LogP contribution in [0.1, 0.15) is 51.3 Å². The molecule has 9 heteroatoms. The maximum absolute atomic E-state index is 12.9. The summed E-state index contributed by atoms with van der Waals surface area (Å²) in [4.78, 5) is 19.7. The van der Waals surface area contributed by atoms with Crippen molar-refractivity contribution in [2.45, 2.75) is 65.1 Å².